The lowest BCUT2D eigenvalue weighted by atomic mass is 9.79. The Morgan fingerprint density at radius 3 is 2.65 bits per heavy atom. The zero-order valence-electron chi connectivity index (χ0n) is 14.5. The molecule has 0 fully saturated rings. The molecule has 0 aliphatic heterocycles. The van der Waals surface area contributed by atoms with E-state index < -0.39 is 6.10 Å². The first kappa shape index (κ1) is 17.1. The number of aromatic nitrogens is 1. The van der Waals surface area contributed by atoms with Crippen LogP contribution < -0.4 is 4.87 Å². The number of rotatable bonds is 4. The molecule has 2 atom stereocenters. The third-order valence-electron chi connectivity index (χ3n) is 5.27. The number of hydrogen-bond acceptors (Lipinski definition) is 4. The van der Waals surface area contributed by atoms with Gasteiger partial charge in [-0.2, -0.15) is 0 Å². The fourth-order valence-corrected chi connectivity index (χ4v) is 4.73. The number of aliphatic hydroxyl groups is 1. The summed E-state index contributed by atoms with van der Waals surface area (Å²) in [6, 6.07) is 16.3. The lowest BCUT2D eigenvalue weighted by Gasteiger charge is -2.28. The van der Waals surface area contributed by atoms with Gasteiger partial charge in [0.25, 0.3) is 0 Å². The van der Waals surface area contributed by atoms with Crippen molar-refractivity contribution in [3.63, 3.8) is 0 Å². The van der Waals surface area contributed by atoms with Crippen LogP contribution in [-0.2, 0) is 19.3 Å². The lowest BCUT2D eigenvalue weighted by Crippen LogP contribution is -2.24. The van der Waals surface area contributed by atoms with Crippen LogP contribution in [0.4, 0.5) is 0 Å². The second-order valence-corrected chi connectivity index (χ2v) is 8.46. The van der Waals surface area contributed by atoms with E-state index in [1.54, 1.807) is 0 Å². The predicted octanol–water partition coefficient (Wildman–Crippen LogP) is 3.57. The first-order chi connectivity index (χ1) is 12.4. The van der Waals surface area contributed by atoms with Crippen LogP contribution in [0.3, 0.4) is 0 Å². The van der Waals surface area contributed by atoms with Crippen molar-refractivity contribution in [3.8, 4) is 5.88 Å². The Kier molecular flexibility index (Phi) is 4.21. The Morgan fingerprint density at radius 1 is 1.19 bits per heavy atom. The standard InChI is InChI=1S/C21H21NO3S/c1-21(11-13-5-3-2-4-6-13)12-15-9-14(7-8-16(15)18(21)23)10-17-19(24)22-20(25)26-17/h2-9,18,23-24H,10-12H2,1H3,(H,22,25). The first-order valence-electron chi connectivity index (χ1n) is 8.69. The van der Waals surface area contributed by atoms with E-state index in [0.717, 1.165) is 40.9 Å². The minimum atomic E-state index is -0.497. The van der Waals surface area contributed by atoms with Crippen molar-refractivity contribution in [1.82, 2.24) is 4.98 Å². The van der Waals surface area contributed by atoms with Crippen LogP contribution in [0.1, 0.15) is 40.2 Å². The molecule has 0 saturated heterocycles. The Balaban J connectivity index is 1.59. The molecule has 0 radical (unpaired) electrons. The summed E-state index contributed by atoms with van der Waals surface area (Å²) in [7, 11) is 0. The van der Waals surface area contributed by atoms with E-state index >= 15 is 0 Å². The largest absolute Gasteiger partial charge is 0.494 e. The smallest absolute Gasteiger partial charge is 0.307 e. The average molecular weight is 367 g/mol. The molecule has 1 aliphatic rings. The lowest BCUT2D eigenvalue weighted by molar-refractivity contribution is 0.0528. The maximum atomic E-state index is 11.4. The van der Waals surface area contributed by atoms with Crippen LogP contribution in [0.15, 0.2) is 53.3 Å². The summed E-state index contributed by atoms with van der Waals surface area (Å²) >= 11 is 1.03. The quantitative estimate of drug-likeness (QED) is 0.660. The molecule has 5 heteroatoms. The van der Waals surface area contributed by atoms with Crippen molar-refractivity contribution in [2.24, 2.45) is 5.41 Å². The highest BCUT2D eigenvalue weighted by Crippen LogP contribution is 2.47. The number of nitrogens with one attached hydrogen (secondary N) is 1. The zero-order valence-corrected chi connectivity index (χ0v) is 15.3. The van der Waals surface area contributed by atoms with E-state index in [4.69, 9.17) is 0 Å². The van der Waals surface area contributed by atoms with Gasteiger partial charge in [0.2, 0.25) is 5.88 Å². The van der Waals surface area contributed by atoms with E-state index in [9.17, 15) is 15.0 Å². The van der Waals surface area contributed by atoms with Gasteiger partial charge in [0.1, 0.15) is 0 Å². The number of hydrogen-bond donors (Lipinski definition) is 3. The summed E-state index contributed by atoms with van der Waals surface area (Å²) in [5, 5.41) is 20.7. The molecule has 0 spiro atoms. The van der Waals surface area contributed by atoms with Crippen LogP contribution in [-0.4, -0.2) is 15.2 Å². The molecular weight excluding hydrogens is 346 g/mol. The number of aromatic hydroxyl groups is 1. The highest BCUT2D eigenvalue weighted by molar-refractivity contribution is 7.09. The van der Waals surface area contributed by atoms with Crippen LogP contribution in [0.5, 0.6) is 5.88 Å². The van der Waals surface area contributed by atoms with Gasteiger partial charge in [-0.25, -0.2) is 0 Å². The number of H-pyrrole nitrogens is 1. The highest BCUT2D eigenvalue weighted by atomic mass is 32.1. The second kappa shape index (κ2) is 6.41. The fraction of sp³-hybridized carbons (Fsp3) is 0.286. The summed E-state index contributed by atoms with van der Waals surface area (Å²) in [4.78, 5) is 14.2. The van der Waals surface area contributed by atoms with E-state index in [0.29, 0.717) is 11.3 Å². The van der Waals surface area contributed by atoms with Crippen molar-refractivity contribution in [3.05, 3.63) is 85.3 Å². The molecule has 4 rings (SSSR count). The topological polar surface area (TPSA) is 73.3 Å². The first-order valence-corrected chi connectivity index (χ1v) is 9.51. The Bertz CT molecular complexity index is 992. The summed E-state index contributed by atoms with van der Waals surface area (Å²) in [5.74, 6) is -0.0468. The van der Waals surface area contributed by atoms with Crippen molar-refractivity contribution >= 4 is 11.3 Å². The summed E-state index contributed by atoms with van der Waals surface area (Å²) in [5.41, 5.74) is 4.16. The van der Waals surface area contributed by atoms with Gasteiger partial charge in [-0.1, -0.05) is 66.8 Å². The summed E-state index contributed by atoms with van der Waals surface area (Å²) < 4.78 is 0. The molecule has 134 valence electrons. The van der Waals surface area contributed by atoms with Gasteiger partial charge in [0.15, 0.2) is 0 Å². The second-order valence-electron chi connectivity index (χ2n) is 7.39. The maximum Gasteiger partial charge on any atom is 0.307 e. The molecule has 3 N–H and O–H groups in total. The van der Waals surface area contributed by atoms with Crippen LogP contribution in [0, 0.1) is 5.41 Å². The molecule has 1 heterocycles. The predicted molar refractivity (Wildman–Crippen MR) is 103 cm³/mol. The third kappa shape index (κ3) is 3.08. The number of aromatic amines is 1. The van der Waals surface area contributed by atoms with Crippen LogP contribution in [0.2, 0.25) is 0 Å². The van der Waals surface area contributed by atoms with E-state index in [-0.39, 0.29) is 16.2 Å². The normalized spacial score (nSPS) is 21.7. The van der Waals surface area contributed by atoms with Gasteiger partial charge >= 0.3 is 4.87 Å². The van der Waals surface area contributed by atoms with Gasteiger partial charge in [0, 0.05) is 11.8 Å². The Morgan fingerprint density at radius 2 is 1.96 bits per heavy atom. The molecule has 1 aromatic heterocycles. The van der Waals surface area contributed by atoms with Crippen molar-refractivity contribution in [1.29, 1.82) is 0 Å². The minimum absolute atomic E-state index is 0.0468. The highest BCUT2D eigenvalue weighted by Gasteiger charge is 2.41. The van der Waals surface area contributed by atoms with Crippen molar-refractivity contribution in [2.75, 3.05) is 0 Å². The molecular formula is C21H21NO3S. The summed E-state index contributed by atoms with van der Waals surface area (Å²) in [6.45, 7) is 2.13. The Labute approximate surface area is 155 Å². The summed E-state index contributed by atoms with van der Waals surface area (Å²) in [6.07, 6.45) is 1.64. The molecule has 4 nitrogen and oxygen atoms in total. The SMILES string of the molecule is CC1(Cc2ccccc2)Cc2cc(Cc3sc(=O)[nH]c3O)ccc2C1O. The van der Waals surface area contributed by atoms with E-state index in [2.05, 4.69) is 30.1 Å². The third-order valence-corrected chi connectivity index (χ3v) is 6.14. The fourth-order valence-electron chi connectivity index (χ4n) is 3.97. The van der Waals surface area contributed by atoms with Crippen molar-refractivity contribution < 1.29 is 10.2 Å². The molecule has 2 aromatic carbocycles. The average Bonchev–Trinajstić information content (AvgIpc) is 3.04. The van der Waals surface area contributed by atoms with Gasteiger partial charge < -0.3 is 10.2 Å². The van der Waals surface area contributed by atoms with Gasteiger partial charge in [0.05, 0.1) is 11.0 Å². The number of benzene rings is 2. The minimum Gasteiger partial charge on any atom is -0.494 e. The van der Waals surface area contributed by atoms with Crippen molar-refractivity contribution in [2.45, 2.75) is 32.3 Å². The molecule has 0 saturated carbocycles. The molecule has 26 heavy (non-hydrogen) atoms. The van der Waals surface area contributed by atoms with E-state index in [1.807, 2.05) is 30.3 Å². The molecule has 2 unspecified atom stereocenters. The zero-order chi connectivity index (χ0) is 18.3. The molecule has 0 bridgehead atoms. The number of aliphatic hydroxyl groups excluding tert-OH is 1. The number of fused-ring (bicyclic) bond motifs is 1. The van der Waals surface area contributed by atoms with E-state index in [1.165, 1.54) is 5.56 Å². The molecule has 0 amide bonds. The van der Waals surface area contributed by atoms with Gasteiger partial charge in [-0.3, -0.25) is 9.78 Å². The molecule has 1 aliphatic carbocycles. The van der Waals surface area contributed by atoms with Crippen LogP contribution >= 0.6 is 11.3 Å². The number of thiazole rings is 1. The molecule has 3 aromatic rings. The van der Waals surface area contributed by atoms with Gasteiger partial charge in [-0.15, -0.1) is 0 Å². The Hall–Kier alpha value is -2.37. The van der Waals surface area contributed by atoms with Crippen LogP contribution in [0.25, 0.3) is 0 Å². The maximum absolute atomic E-state index is 11.4. The van der Waals surface area contributed by atoms with Gasteiger partial charge in [-0.05, 0) is 35.1 Å². The monoisotopic (exact) mass is 367 g/mol.